The molecule has 1 fully saturated rings. The number of hydrogen-bond donors (Lipinski definition) is 5. The van der Waals surface area contributed by atoms with Gasteiger partial charge in [0.1, 0.15) is 12.4 Å². The number of Topliss-reactive ketones (excluding diaryl/α,β-unsaturated/α-hetero) is 1. The second-order valence-electron chi connectivity index (χ2n) is 6.98. The Kier molecular flexibility index (Phi) is 6.51. The molecule has 7 N–H and O–H groups in total. The second kappa shape index (κ2) is 9.26. The summed E-state index contributed by atoms with van der Waals surface area (Å²) in [7, 11) is 0. The molecule has 3 rings (SSSR count). The number of nitrogens with one attached hydrogen (secondary N) is 3. The van der Waals surface area contributed by atoms with Crippen molar-refractivity contribution in [1.82, 2.24) is 10.6 Å². The van der Waals surface area contributed by atoms with E-state index in [1.54, 1.807) is 42.5 Å². The highest BCUT2D eigenvalue weighted by Gasteiger charge is 2.61. The Hall–Kier alpha value is -3.92. The third kappa shape index (κ3) is 5.37. The first-order valence-electron chi connectivity index (χ1n) is 9.56. The van der Waals surface area contributed by atoms with Crippen molar-refractivity contribution in [2.45, 2.75) is 12.0 Å². The lowest BCUT2D eigenvalue weighted by Gasteiger charge is -2.16. The van der Waals surface area contributed by atoms with Gasteiger partial charge in [-0.1, -0.05) is 6.07 Å². The Morgan fingerprint density at radius 1 is 1.10 bits per heavy atom. The molecular formula is C21H23N5O5. The van der Waals surface area contributed by atoms with E-state index >= 15 is 0 Å². The van der Waals surface area contributed by atoms with Crippen LogP contribution in [0.5, 0.6) is 5.75 Å². The second-order valence-corrected chi connectivity index (χ2v) is 6.98. The molecule has 2 aromatic carbocycles. The Morgan fingerprint density at radius 2 is 1.81 bits per heavy atom. The maximum atomic E-state index is 12.6. The zero-order chi connectivity index (χ0) is 22.4. The number of carbonyl (C=O) groups excluding carboxylic acids is 4. The number of ketones is 1. The first-order valence-corrected chi connectivity index (χ1v) is 9.56. The lowest BCUT2D eigenvalue weighted by atomic mass is 10.2. The maximum absolute atomic E-state index is 12.6. The molecule has 0 radical (unpaired) electrons. The first kappa shape index (κ1) is 21.8. The summed E-state index contributed by atoms with van der Waals surface area (Å²) in [4.78, 5) is 48.9. The van der Waals surface area contributed by atoms with Crippen LogP contribution in [0.4, 0.5) is 11.4 Å². The van der Waals surface area contributed by atoms with Gasteiger partial charge in [-0.2, -0.15) is 0 Å². The summed E-state index contributed by atoms with van der Waals surface area (Å²) in [5.41, 5.74) is 10.5. The van der Waals surface area contributed by atoms with Gasteiger partial charge in [0.25, 0.3) is 11.8 Å². The van der Waals surface area contributed by atoms with Crippen molar-refractivity contribution in [2.75, 3.05) is 30.7 Å². The van der Waals surface area contributed by atoms with Gasteiger partial charge in [0.05, 0.1) is 6.54 Å². The molecular weight excluding hydrogens is 402 g/mol. The SMILES string of the molecule is NCCOc1ccc(NC(=O)C2(NC(=O)CNC(=O)c3cccc(N)c3)CC2=O)cc1. The Balaban J connectivity index is 1.54. The monoisotopic (exact) mass is 425 g/mol. The summed E-state index contributed by atoms with van der Waals surface area (Å²) >= 11 is 0. The minimum Gasteiger partial charge on any atom is -0.492 e. The summed E-state index contributed by atoms with van der Waals surface area (Å²) in [6.45, 7) is 0.343. The van der Waals surface area contributed by atoms with E-state index < -0.39 is 35.6 Å². The van der Waals surface area contributed by atoms with Crippen molar-refractivity contribution < 1.29 is 23.9 Å². The summed E-state index contributed by atoms with van der Waals surface area (Å²) in [6.07, 6.45) is -0.120. The number of nitrogen functional groups attached to an aromatic ring is 1. The Labute approximate surface area is 178 Å². The highest BCUT2D eigenvalue weighted by atomic mass is 16.5. The van der Waals surface area contributed by atoms with Crippen molar-refractivity contribution in [1.29, 1.82) is 0 Å². The number of carbonyl (C=O) groups is 4. The van der Waals surface area contributed by atoms with Crippen LogP contribution in [0.25, 0.3) is 0 Å². The normalized spacial score (nSPS) is 16.9. The topological polar surface area (TPSA) is 166 Å². The molecule has 1 aliphatic carbocycles. The molecule has 1 saturated carbocycles. The number of ether oxygens (including phenoxy) is 1. The van der Waals surface area contributed by atoms with Gasteiger partial charge >= 0.3 is 0 Å². The van der Waals surface area contributed by atoms with Gasteiger partial charge in [-0.05, 0) is 42.5 Å². The van der Waals surface area contributed by atoms with Crippen LogP contribution in [-0.2, 0) is 14.4 Å². The van der Waals surface area contributed by atoms with Crippen molar-refractivity contribution in [3.8, 4) is 5.75 Å². The fourth-order valence-corrected chi connectivity index (χ4v) is 2.85. The van der Waals surface area contributed by atoms with Crippen molar-refractivity contribution in [2.24, 2.45) is 5.73 Å². The van der Waals surface area contributed by atoms with Crippen LogP contribution in [0.15, 0.2) is 48.5 Å². The molecule has 31 heavy (non-hydrogen) atoms. The van der Waals surface area contributed by atoms with E-state index in [1.165, 1.54) is 6.07 Å². The molecule has 10 nitrogen and oxygen atoms in total. The third-order valence-electron chi connectivity index (χ3n) is 4.57. The molecule has 10 heteroatoms. The van der Waals surface area contributed by atoms with E-state index in [1.807, 2.05) is 0 Å². The van der Waals surface area contributed by atoms with E-state index in [0.717, 1.165) is 0 Å². The van der Waals surface area contributed by atoms with Crippen LogP contribution in [0.2, 0.25) is 0 Å². The van der Waals surface area contributed by atoms with E-state index in [4.69, 9.17) is 16.2 Å². The average Bonchev–Trinajstić information content (AvgIpc) is 3.41. The molecule has 0 aliphatic heterocycles. The molecule has 1 unspecified atom stereocenters. The summed E-state index contributed by atoms with van der Waals surface area (Å²) in [5, 5.41) is 7.45. The Bertz CT molecular complexity index is 1010. The predicted octanol–water partition coefficient (Wildman–Crippen LogP) is -0.197. The molecule has 3 amide bonds. The standard InChI is InChI=1S/C21H23N5O5/c22-8-9-31-16-6-4-15(5-7-16)25-20(30)21(11-17(21)27)26-18(28)12-24-19(29)13-2-1-3-14(23)10-13/h1-7,10H,8-9,11-12,22-23H2,(H,24,29)(H,25,30)(H,26,28). The largest absolute Gasteiger partial charge is 0.492 e. The molecule has 1 atom stereocenters. The van der Waals surface area contributed by atoms with Gasteiger partial charge in [0.15, 0.2) is 11.3 Å². The lowest BCUT2D eigenvalue weighted by molar-refractivity contribution is -0.129. The van der Waals surface area contributed by atoms with E-state index in [-0.39, 0.29) is 6.42 Å². The summed E-state index contributed by atoms with van der Waals surface area (Å²) in [6, 6.07) is 12.8. The van der Waals surface area contributed by atoms with Gasteiger partial charge in [0, 0.05) is 29.9 Å². The molecule has 1 aliphatic rings. The molecule has 0 saturated heterocycles. The smallest absolute Gasteiger partial charge is 0.258 e. The van der Waals surface area contributed by atoms with Gasteiger partial charge in [-0.3, -0.25) is 19.2 Å². The quantitative estimate of drug-likeness (QED) is 0.274. The highest BCUT2D eigenvalue weighted by molar-refractivity contribution is 6.28. The molecule has 0 aromatic heterocycles. The lowest BCUT2D eigenvalue weighted by Crippen LogP contribution is -2.51. The number of benzene rings is 2. The van der Waals surface area contributed by atoms with E-state index in [2.05, 4.69) is 16.0 Å². The van der Waals surface area contributed by atoms with Crippen molar-refractivity contribution >= 4 is 34.9 Å². The number of anilines is 2. The van der Waals surface area contributed by atoms with Crippen LogP contribution in [-0.4, -0.2) is 48.7 Å². The van der Waals surface area contributed by atoms with Gasteiger partial charge < -0.3 is 32.2 Å². The summed E-state index contributed by atoms with van der Waals surface area (Å²) < 4.78 is 5.36. The first-order chi connectivity index (χ1) is 14.8. The van der Waals surface area contributed by atoms with Crippen molar-refractivity contribution in [3.05, 3.63) is 54.1 Å². The van der Waals surface area contributed by atoms with E-state index in [9.17, 15) is 19.2 Å². The van der Waals surface area contributed by atoms with Gasteiger partial charge in [-0.25, -0.2) is 0 Å². The third-order valence-corrected chi connectivity index (χ3v) is 4.57. The molecule has 162 valence electrons. The molecule has 0 spiro atoms. The van der Waals surface area contributed by atoms with Crippen LogP contribution < -0.4 is 32.2 Å². The Morgan fingerprint density at radius 3 is 2.42 bits per heavy atom. The minimum absolute atomic E-state index is 0.120. The maximum Gasteiger partial charge on any atom is 0.258 e. The highest BCUT2D eigenvalue weighted by Crippen LogP contribution is 2.32. The van der Waals surface area contributed by atoms with Gasteiger partial charge in [-0.15, -0.1) is 0 Å². The number of hydrogen-bond acceptors (Lipinski definition) is 7. The zero-order valence-electron chi connectivity index (χ0n) is 16.6. The zero-order valence-corrected chi connectivity index (χ0v) is 16.6. The number of rotatable bonds is 9. The van der Waals surface area contributed by atoms with Crippen molar-refractivity contribution in [3.63, 3.8) is 0 Å². The fraction of sp³-hybridized carbons (Fsp3) is 0.238. The average molecular weight is 425 g/mol. The van der Waals surface area contributed by atoms with Crippen LogP contribution >= 0.6 is 0 Å². The summed E-state index contributed by atoms with van der Waals surface area (Å²) in [5.74, 6) is -1.64. The van der Waals surface area contributed by atoms with E-state index in [0.29, 0.717) is 35.8 Å². The molecule has 0 bridgehead atoms. The fourth-order valence-electron chi connectivity index (χ4n) is 2.85. The molecule has 0 heterocycles. The van der Waals surface area contributed by atoms with Gasteiger partial charge in [0.2, 0.25) is 5.91 Å². The minimum atomic E-state index is -1.63. The van der Waals surface area contributed by atoms with Crippen LogP contribution in [0.3, 0.4) is 0 Å². The number of nitrogens with two attached hydrogens (primary N) is 2. The van der Waals surface area contributed by atoms with Crippen LogP contribution in [0.1, 0.15) is 16.8 Å². The molecule has 2 aromatic rings. The van der Waals surface area contributed by atoms with Crippen LogP contribution in [0, 0.1) is 0 Å². The number of amides is 3. The predicted molar refractivity (Wildman–Crippen MR) is 113 cm³/mol.